The van der Waals surface area contributed by atoms with Gasteiger partial charge in [0, 0.05) is 23.7 Å². The van der Waals surface area contributed by atoms with Gasteiger partial charge in [0.15, 0.2) is 0 Å². The fourth-order valence-electron chi connectivity index (χ4n) is 2.15. The molecule has 24 heavy (non-hydrogen) atoms. The normalized spacial score (nSPS) is 10.5. The molecule has 0 bridgehead atoms. The minimum atomic E-state index is -0.810. The molecule has 1 N–H and O–H groups in total. The molecule has 0 fully saturated rings. The molecule has 0 aliphatic carbocycles. The average Bonchev–Trinajstić information content (AvgIpc) is 2.59. The van der Waals surface area contributed by atoms with Crippen LogP contribution in [-0.2, 0) is 6.54 Å². The van der Waals surface area contributed by atoms with E-state index >= 15 is 0 Å². The molecule has 8 heteroatoms. The number of carbonyl (C=O) groups is 1. The number of pyridine rings is 1. The Morgan fingerprint density at radius 3 is 2.79 bits per heavy atom. The molecule has 0 atom stereocenters. The van der Waals surface area contributed by atoms with Gasteiger partial charge >= 0.3 is 5.63 Å². The van der Waals surface area contributed by atoms with E-state index < -0.39 is 16.5 Å². The minimum absolute atomic E-state index is 0.145. The van der Waals surface area contributed by atoms with Gasteiger partial charge in [-0.25, -0.2) is 4.79 Å². The molecular formula is C16H11N3O5. The van der Waals surface area contributed by atoms with Crippen LogP contribution in [0, 0.1) is 10.1 Å². The molecule has 1 aromatic carbocycles. The molecule has 0 radical (unpaired) electrons. The van der Waals surface area contributed by atoms with Crippen LogP contribution < -0.4 is 10.9 Å². The number of nitrogens with zero attached hydrogens (tertiary/aromatic N) is 2. The molecule has 1 amide bonds. The van der Waals surface area contributed by atoms with E-state index in [1.165, 1.54) is 24.3 Å². The topological polar surface area (TPSA) is 115 Å². The summed E-state index contributed by atoms with van der Waals surface area (Å²) in [6, 6.07) is 10.3. The standard InChI is InChI=1S/C16H11N3O5/c20-15(18-9-11-3-1-2-6-17-11)13-8-10-7-12(19(22)23)4-5-14(10)24-16(13)21/h1-8H,9H2,(H,18,20). The van der Waals surface area contributed by atoms with Crippen molar-refractivity contribution in [1.29, 1.82) is 0 Å². The van der Waals surface area contributed by atoms with Gasteiger partial charge in [-0.15, -0.1) is 0 Å². The predicted molar refractivity (Wildman–Crippen MR) is 84.5 cm³/mol. The molecule has 3 rings (SSSR count). The van der Waals surface area contributed by atoms with Crippen LogP contribution in [0.4, 0.5) is 5.69 Å². The number of rotatable bonds is 4. The van der Waals surface area contributed by atoms with Crippen LogP contribution in [0.1, 0.15) is 16.1 Å². The molecule has 8 nitrogen and oxygen atoms in total. The van der Waals surface area contributed by atoms with Gasteiger partial charge in [-0.1, -0.05) is 6.07 Å². The molecule has 0 aliphatic heterocycles. The lowest BCUT2D eigenvalue weighted by Crippen LogP contribution is -2.28. The first kappa shape index (κ1) is 15.3. The highest BCUT2D eigenvalue weighted by Gasteiger charge is 2.15. The Balaban J connectivity index is 1.90. The van der Waals surface area contributed by atoms with Crippen molar-refractivity contribution in [3.8, 4) is 0 Å². The van der Waals surface area contributed by atoms with Gasteiger partial charge < -0.3 is 9.73 Å². The maximum atomic E-state index is 12.2. The Morgan fingerprint density at radius 2 is 2.08 bits per heavy atom. The Morgan fingerprint density at radius 1 is 1.25 bits per heavy atom. The number of non-ortho nitro benzene ring substituents is 1. The van der Waals surface area contributed by atoms with E-state index in [1.807, 2.05) is 0 Å². The van der Waals surface area contributed by atoms with Crippen LogP contribution >= 0.6 is 0 Å². The lowest BCUT2D eigenvalue weighted by Gasteiger charge is -2.05. The lowest BCUT2D eigenvalue weighted by atomic mass is 10.1. The van der Waals surface area contributed by atoms with Crippen molar-refractivity contribution in [3.63, 3.8) is 0 Å². The Labute approximate surface area is 134 Å². The van der Waals surface area contributed by atoms with Crippen molar-refractivity contribution in [2.75, 3.05) is 0 Å². The fraction of sp³-hybridized carbons (Fsp3) is 0.0625. The summed E-state index contributed by atoms with van der Waals surface area (Å²) in [5.74, 6) is -0.636. The fourth-order valence-corrected chi connectivity index (χ4v) is 2.15. The number of benzene rings is 1. The summed E-state index contributed by atoms with van der Waals surface area (Å²) < 4.78 is 5.05. The first-order valence-electron chi connectivity index (χ1n) is 6.95. The number of fused-ring (bicyclic) bond motifs is 1. The summed E-state index contributed by atoms with van der Waals surface area (Å²) in [7, 11) is 0. The number of amides is 1. The third-order valence-corrected chi connectivity index (χ3v) is 3.33. The molecule has 3 aromatic rings. The first-order valence-corrected chi connectivity index (χ1v) is 6.95. The number of nitro benzene ring substituents is 1. The molecule has 2 aromatic heterocycles. The van der Waals surface area contributed by atoms with Crippen LogP contribution in [0.15, 0.2) is 57.9 Å². The molecule has 0 saturated heterocycles. The van der Waals surface area contributed by atoms with Crippen LogP contribution in [-0.4, -0.2) is 15.8 Å². The van der Waals surface area contributed by atoms with Crippen molar-refractivity contribution in [3.05, 3.63) is 80.5 Å². The second kappa shape index (κ2) is 6.29. The average molecular weight is 325 g/mol. The summed E-state index contributed by atoms with van der Waals surface area (Å²) in [6.45, 7) is 0.145. The third-order valence-electron chi connectivity index (χ3n) is 3.33. The van der Waals surface area contributed by atoms with Gasteiger partial charge in [-0.05, 0) is 24.3 Å². The molecule has 0 saturated carbocycles. The van der Waals surface area contributed by atoms with Gasteiger partial charge in [-0.2, -0.15) is 0 Å². The van der Waals surface area contributed by atoms with Crippen LogP contribution in [0.2, 0.25) is 0 Å². The van der Waals surface area contributed by atoms with Crippen molar-refractivity contribution in [2.24, 2.45) is 0 Å². The maximum absolute atomic E-state index is 12.2. The van der Waals surface area contributed by atoms with Crippen molar-refractivity contribution in [2.45, 2.75) is 6.54 Å². The quantitative estimate of drug-likeness (QED) is 0.446. The number of hydrogen-bond acceptors (Lipinski definition) is 6. The monoisotopic (exact) mass is 325 g/mol. The molecule has 120 valence electrons. The number of carbonyl (C=O) groups excluding carboxylic acids is 1. The largest absolute Gasteiger partial charge is 0.422 e. The van der Waals surface area contributed by atoms with Crippen LogP contribution in [0.5, 0.6) is 0 Å². The van der Waals surface area contributed by atoms with Gasteiger partial charge in [0.2, 0.25) is 0 Å². The van der Waals surface area contributed by atoms with Gasteiger partial charge in [-0.3, -0.25) is 19.9 Å². The van der Waals surface area contributed by atoms with E-state index in [0.29, 0.717) is 11.1 Å². The minimum Gasteiger partial charge on any atom is -0.422 e. The number of hydrogen-bond donors (Lipinski definition) is 1. The SMILES string of the molecule is O=C(NCc1ccccn1)c1cc2cc([N+](=O)[O-])ccc2oc1=O. The molecular weight excluding hydrogens is 314 g/mol. The zero-order valence-corrected chi connectivity index (χ0v) is 12.3. The van der Waals surface area contributed by atoms with E-state index in [4.69, 9.17) is 4.42 Å². The van der Waals surface area contributed by atoms with E-state index in [2.05, 4.69) is 10.3 Å². The number of aromatic nitrogens is 1. The lowest BCUT2D eigenvalue weighted by molar-refractivity contribution is -0.384. The first-order chi connectivity index (χ1) is 11.5. The number of nitrogens with one attached hydrogen (secondary N) is 1. The summed E-state index contributed by atoms with van der Waals surface area (Å²) >= 11 is 0. The van der Waals surface area contributed by atoms with E-state index in [0.717, 1.165) is 0 Å². The molecule has 0 aliphatic rings. The summed E-state index contributed by atoms with van der Waals surface area (Å²) in [5.41, 5.74) is -0.386. The number of nitro groups is 1. The van der Waals surface area contributed by atoms with Crippen molar-refractivity contribution < 1.29 is 14.1 Å². The van der Waals surface area contributed by atoms with Crippen molar-refractivity contribution >= 4 is 22.6 Å². The van der Waals surface area contributed by atoms with Gasteiger partial charge in [0.25, 0.3) is 11.6 Å². The van der Waals surface area contributed by atoms with E-state index in [1.54, 1.807) is 24.4 Å². The Hall–Kier alpha value is -3.55. The molecule has 2 heterocycles. The summed E-state index contributed by atoms with van der Waals surface area (Å²) in [4.78, 5) is 38.4. The Kier molecular flexibility index (Phi) is 4.02. The highest BCUT2D eigenvalue weighted by atomic mass is 16.6. The predicted octanol–water partition coefficient (Wildman–Crippen LogP) is 2.03. The highest BCUT2D eigenvalue weighted by Crippen LogP contribution is 2.20. The zero-order valence-electron chi connectivity index (χ0n) is 12.3. The molecule has 0 spiro atoms. The van der Waals surface area contributed by atoms with Crippen LogP contribution in [0.25, 0.3) is 11.0 Å². The summed E-state index contributed by atoms with van der Waals surface area (Å²) in [5, 5.41) is 13.7. The van der Waals surface area contributed by atoms with E-state index in [9.17, 15) is 19.7 Å². The van der Waals surface area contributed by atoms with Crippen molar-refractivity contribution in [1.82, 2.24) is 10.3 Å². The Bertz CT molecular complexity index is 982. The van der Waals surface area contributed by atoms with E-state index in [-0.39, 0.29) is 23.4 Å². The smallest absolute Gasteiger partial charge is 0.349 e. The highest BCUT2D eigenvalue weighted by molar-refractivity contribution is 5.96. The van der Waals surface area contributed by atoms with Crippen LogP contribution in [0.3, 0.4) is 0 Å². The van der Waals surface area contributed by atoms with Gasteiger partial charge in [0.1, 0.15) is 11.1 Å². The van der Waals surface area contributed by atoms with Gasteiger partial charge in [0.05, 0.1) is 17.2 Å². The molecule has 0 unspecified atom stereocenters. The second-order valence-corrected chi connectivity index (χ2v) is 4.93. The second-order valence-electron chi connectivity index (χ2n) is 4.93. The maximum Gasteiger partial charge on any atom is 0.349 e. The third kappa shape index (κ3) is 3.12. The summed E-state index contributed by atoms with van der Waals surface area (Å²) in [6.07, 6.45) is 1.59. The zero-order chi connectivity index (χ0) is 17.1.